The Hall–Kier alpha value is -2.54. The van der Waals surface area contributed by atoms with E-state index < -0.39 is 0 Å². The van der Waals surface area contributed by atoms with Crippen molar-refractivity contribution in [3.8, 4) is 0 Å². The van der Waals surface area contributed by atoms with Crippen molar-refractivity contribution in [3.63, 3.8) is 0 Å². The van der Waals surface area contributed by atoms with E-state index in [-0.39, 0.29) is 24.2 Å². The molecular weight excluding hydrogens is 378 g/mol. The topological polar surface area (TPSA) is 72.5 Å². The van der Waals surface area contributed by atoms with Crippen LogP contribution in [0.5, 0.6) is 0 Å². The van der Waals surface area contributed by atoms with Gasteiger partial charge in [0.25, 0.3) is 0 Å². The van der Waals surface area contributed by atoms with Crippen LogP contribution in [0.15, 0.2) is 24.3 Å². The van der Waals surface area contributed by atoms with E-state index >= 15 is 0 Å². The second kappa shape index (κ2) is 7.47. The Balaban J connectivity index is 1.38. The van der Waals surface area contributed by atoms with Crippen molar-refractivity contribution in [2.75, 3.05) is 42.5 Å². The first-order valence-corrected chi connectivity index (χ1v) is 9.93. The molecule has 4 rings (SSSR count). The van der Waals surface area contributed by atoms with Gasteiger partial charge in [0.05, 0.1) is 23.0 Å². The van der Waals surface area contributed by atoms with E-state index in [1.54, 1.807) is 17.0 Å². The van der Waals surface area contributed by atoms with Gasteiger partial charge in [-0.05, 0) is 38.1 Å². The third-order valence-electron chi connectivity index (χ3n) is 5.61. The van der Waals surface area contributed by atoms with E-state index in [1.165, 1.54) is 0 Å². The van der Waals surface area contributed by atoms with Crippen LogP contribution >= 0.6 is 11.6 Å². The zero-order chi connectivity index (χ0) is 19.8. The standard InChI is InChI=1S/C20H24ClN5O2/c1-13-19(14(2)23-22-13)24-7-9-25(10-8-24)20(28)15-11-18(27)26(12-15)17-5-3-16(21)4-6-17/h3-6,15H,7-12H2,1-2H3,(H,22,23). The number of anilines is 2. The molecule has 3 heterocycles. The van der Waals surface area contributed by atoms with E-state index in [4.69, 9.17) is 11.6 Å². The molecule has 0 radical (unpaired) electrons. The molecule has 0 saturated carbocycles. The quantitative estimate of drug-likeness (QED) is 0.857. The molecule has 148 valence electrons. The molecule has 1 N–H and O–H groups in total. The maximum atomic E-state index is 13.0. The molecule has 7 nitrogen and oxygen atoms in total. The Bertz CT molecular complexity index is 867. The monoisotopic (exact) mass is 401 g/mol. The fraction of sp³-hybridized carbons (Fsp3) is 0.450. The summed E-state index contributed by atoms with van der Waals surface area (Å²) in [4.78, 5) is 31.3. The second-order valence-corrected chi connectivity index (χ2v) is 7.91. The van der Waals surface area contributed by atoms with Crippen LogP contribution < -0.4 is 9.80 Å². The lowest BCUT2D eigenvalue weighted by molar-refractivity contribution is -0.136. The largest absolute Gasteiger partial charge is 0.365 e. The normalized spacial score (nSPS) is 20.2. The van der Waals surface area contributed by atoms with E-state index in [2.05, 4.69) is 15.1 Å². The van der Waals surface area contributed by atoms with Crippen molar-refractivity contribution in [1.29, 1.82) is 0 Å². The summed E-state index contributed by atoms with van der Waals surface area (Å²) in [6.45, 7) is 7.31. The number of aromatic amines is 1. The van der Waals surface area contributed by atoms with Crippen LogP contribution in [0.25, 0.3) is 0 Å². The van der Waals surface area contributed by atoms with E-state index in [0.29, 0.717) is 24.7 Å². The number of benzene rings is 1. The first-order chi connectivity index (χ1) is 13.4. The van der Waals surface area contributed by atoms with Crippen molar-refractivity contribution in [1.82, 2.24) is 15.1 Å². The van der Waals surface area contributed by atoms with Gasteiger partial charge in [0.15, 0.2) is 0 Å². The van der Waals surface area contributed by atoms with Gasteiger partial charge in [0.2, 0.25) is 11.8 Å². The Morgan fingerprint density at radius 1 is 1.14 bits per heavy atom. The molecule has 2 aliphatic rings. The molecule has 1 unspecified atom stereocenters. The molecule has 2 saturated heterocycles. The Kier molecular flexibility index (Phi) is 5.02. The minimum absolute atomic E-state index is 0.0102. The molecule has 2 aromatic rings. The van der Waals surface area contributed by atoms with Crippen LogP contribution in [0.4, 0.5) is 11.4 Å². The Morgan fingerprint density at radius 2 is 1.82 bits per heavy atom. The lowest BCUT2D eigenvalue weighted by atomic mass is 10.1. The van der Waals surface area contributed by atoms with Gasteiger partial charge in [-0.2, -0.15) is 5.10 Å². The lowest BCUT2D eigenvalue weighted by Gasteiger charge is -2.37. The highest BCUT2D eigenvalue weighted by Gasteiger charge is 2.38. The van der Waals surface area contributed by atoms with Gasteiger partial charge in [-0.3, -0.25) is 14.7 Å². The number of piperazine rings is 1. The summed E-state index contributed by atoms with van der Waals surface area (Å²) >= 11 is 5.93. The van der Waals surface area contributed by atoms with Crippen LogP contribution in [0.2, 0.25) is 5.02 Å². The minimum atomic E-state index is -0.285. The third kappa shape index (κ3) is 3.46. The number of aromatic nitrogens is 2. The van der Waals surface area contributed by atoms with Crippen LogP contribution in [-0.4, -0.2) is 59.6 Å². The average molecular weight is 402 g/mol. The van der Waals surface area contributed by atoms with E-state index in [1.807, 2.05) is 30.9 Å². The van der Waals surface area contributed by atoms with Gasteiger partial charge >= 0.3 is 0 Å². The van der Waals surface area contributed by atoms with Crippen LogP contribution in [0, 0.1) is 19.8 Å². The van der Waals surface area contributed by atoms with Gasteiger partial charge in [0, 0.05) is 49.9 Å². The highest BCUT2D eigenvalue weighted by Crippen LogP contribution is 2.28. The maximum absolute atomic E-state index is 13.0. The summed E-state index contributed by atoms with van der Waals surface area (Å²) in [6.07, 6.45) is 0.265. The zero-order valence-electron chi connectivity index (χ0n) is 16.1. The number of rotatable bonds is 3. The molecule has 1 aromatic carbocycles. The van der Waals surface area contributed by atoms with Gasteiger partial charge < -0.3 is 14.7 Å². The van der Waals surface area contributed by atoms with Crippen molar-refractivity contribution in [2.45, 2.75) is 20.3 Å². The molecule has 0 bridgehead atoms. The molecule has 2 amide bonds. The van der Waals surface area contributed by atoms with Gasteiger partial charge in [-0.25, -0.2) is 0 Å². The summed E-state index contributed by atoms with van der Waals surface area (Å²) in [6, 6.07) is 7.17. The highest BCUT2D eigenvalue weighted by molar-refractivity contribution is 6.30. The SMILES string of the molecule is Cc1n[nH]c(C)c1N1CCN(C(=O)C2CC(=O)N(c3ccc(Cl)cc3)C2)CC1. The number of aryl methyl sites for hydroxylation is 2. The molecule has 0 aliphatic carbocycles. The van der Waals surface area contributed by atoms with Crippen molar-refractivity contribution < 1.29 is 9.59 Å². The van der Waals surface area contributed by atoms with Crippen molar-refractivity contribution in [3.05, 3.63) is 40.7 Å². The second-order valence-electron chi connectivity index (χ2n) is 7.48. The number of carbonyl (C=O) groups excluding carboxylic acids is 2. The lowest BCUT2D eigenvalue weighted by Crippen LogP contribution is -2.51. The summed E-state index contributed by atoms with van der Waals surface area (Å²) in [5.74, 6) is -0.221. The molecule has 1 atom stereocenters. The fourth-order valence-electron chi connectivity index (χ4n) is 4.16. The Morgan fingerprint density at radius 3 is 2.43 bits per heavy atom. The number of nitrogens with one attached hydrogen (secondary N) is 1. The number of carbonyl (C=O) groups is 2. The van der Waals surface area contributed by atoms with Gasteiger partial charge in [-0.1, -0.05) is 11.6 Å². The number of H-pyrrole nitrogens is 1. The number of nitrogens with zero attached hydrogens (tertiary/aromatic N) is 4. The fourth-order valence-corrected chi connectivity index (χ4v) is 4.29. The van der Waals surface area contributed by atoms with Crippen LogP contribution in [-0.2, 0) is 9.59 Å². The van der Waals surface area contributed by atoms with E-state index in [9.17, 15) is 9.59 Å². The number of hydrogen-bond donors (Lipinski definition) is 1. The Labute approximate surface area is 169 Å². The predicted molar refractivity (Wildman–Crippen MR) is 109 cm³/mol. The summed E-state index contributed by atoms with van der Waals surface area (Å²) in [5.41, 5.74) is 3.96. The molecule has 0 spiro atoms. The highest BCUT2D eigenvalue weighted by atomic mass is 35.5. The average Bonchev–Trinajstić information content (AvgIpc) is 3.24. The summed E-state index contributed by atoms with van der Waals surface area (Å²) in [5, 5.41) is 7.91. The maximum Gasteiger partial charge on any atom is 0.228 e. The minimum Gasteiger partial charge on any atom is -0.365 e. The number of hydrogen-bond acceptors (Lipinski definition) is 4. The summed E-state index contributed by atoms with van der Waals surface area (Å²) in [7, 11) is 0. The molecule has 1 aromatic heterocycles. The van der Waals surface area contributed by atoms with Crippen LogP contribution in [0.3, 0.4) is 0 Å². The summed E-state index contributed by atoms with van der Waals surface area (Å²) < 4.78 is 0. The molecule has 28 heavy (non-hydrogen) atoms. The first kappa shape index (κ1) is 18.8. The smallest absolute Gasteiger partial charge is 0.228 e. The predicted octanol–water partition coefficient (Wildman–Crippen LogP) is 2.38. The van der Waals surface area contributed by atoms with Gasteiger partial charge in [0.1, 0.15) is 0 Å². The van der Waals surface area contributed by atoms with Crippen LogP contribution in [0.1, 0.15) is 17.8 Å². The van der Waals surface area contributed by atoms with Crippen molar-refractivity contribution in [2.24, 2.45) is 5.92 Å². The molecule has 2 fully saturated rings. The molecule has 2 aliphatic heterocycles. The third-order valence-corrected chi connectivity index (χ3v) is 5.86. The van der Waals surface area contributed by atoms with E-state index in [0.717, 1.165) is 35.9 Å². The van der Waals surface area contributed by atoms with Gasteiger partial charge in [-0.15, -0.1) is 0 Å². The molecule has 8 heteroatoms. The number of amides is 2. The zero-order valence-corrected chi connectivity index (χ0v) is 16.9. The first-order valence-electron chi connectivity index (χ1n) is 9.55. The molecular formula is C20H24ClN5O2. The number of halogens is 1. The van der Waals surface area contributed by atoms with Crippen molar-refractivity contribution >= 4 is 34.8 Å².